The number of carbonyl (C=O) groups excluding carboxylic acids is 1. The second-order valence-electron chi connectivity index (χ2n) is 7.37. The van der Waals surface area contributed by atoms with Gasteiger partial charge in [-0.3, -0.25) is 9.78 Å². The lowest BCUT2D eigenvalue weighted by Crippen LogP contribution is -2.35. The van der Waals surface area contributed by atoms with E-state index in [1.54, 1.807) is 0 Å². The molecule has 1 amide bonds. The Morgan fingerprint density at radius 2 is 2.00 bits per heavy atom. The maximum absolute atomic E-state index is 13.0. The zero-order valence-electron chi connectivity index (χ0n) is 15.7. The van der Waals surface area contributed by atoms with Crippen molar-refractivity contribution in [3.8, 4) is 0 Å². The molecule has 5 heteroatoms. The summed E-state index contributed by atoms with van der Waals surface area (Å²) in [6.07, 6.45) is 0.713. The van der Waals surface area contributed by atoms with Crippen LogP contribution in [0.4, 0.5) is 0 Å². The van der Waals surface area contributed by atoms with E-state index >= 15 is 0 Å². The lowest BCUT2D eigenvalue weighted by Gasteiger charge is -2.25. The van der Waals surface area contributed by atoms with Gasteiger partial charge in [-0.05, 0) is 37.6 Å². The Balaban J connectivity index is 1.62. The van der Waals surface area contributed by atoms with Gasteiger partial charge in [-0.15, -0.1) is 0 Å². The molecule has 0 spiro atoms. The van der Waals surface area contributed by atoms with Crippen LogP contribution >= 0.6 is 0 Å². The molecule has 0 atom stereocenters. The maximum atomic E-state index is 13.0. The first-order valence-corrected chi connectivity index (χ1v) is 9.08. The van der Waals surface area contributed by atoms with Crippen LogP contribution in [0.15, 0.2) is 28.7 Å². The normalized spacial score (nSPS) is 14.1. The smallest absolute Gasteiger partial charge is 0.254 e. The summed E-state index contributed by atoms with van der Waals surface area (Å²) in [7, 11) is 0. The number of hydrogen-bond acceptors (Lipinski definition) is 4. The van der Waals surface area contributed by atoms with Crippen LogP contribution in [0.3, 0.4) is 0 Å². The number of pyridine rings is 1. The predicted octanol–water partition coefficient (Wildman–Crippen LogP) is 4.16. The van der Waals surface area contributed by atoms with Gasteiger partial charge in [-0.25, -0.2) is 4.98 Å². The summed E-state index contributed by atoms with van der Waals surface area (Å²) >= 11 is 0. The van der Waals surface area contributed by atoms with E-state index < -0.39 is 0 Å². The van der Waals surface area contributed by atoms with Gasteiger partial charge >= 0.3 is 0 Å². The highest BCUT2D eigenvalue weighted by atomic mass is 16.4. The number of rotatable bonds is 2. The fourth-order valence-corrected chi connectivity index (χ4v) is 3.53. The number of oxazole rings is 1. The third-order valence-electron chi connectivity index (χ3n) is 4.92. The maximum Gasteiger partial charge on any atom is 0.254 e. The molecule has 0 bridgehead atoms. The van der Waals surface area contributed by atoms with Crippen LogP contribution in [0.2, 0.25) is 0 Å². The fourth-order valence-electron chi connectivity index (χ4n) is 3.53. The van der Waals surface area contributed by atoms with Gasteiger partial charge in [0.2, 0.25) is 0 Å². The van der Waals surface area contributed by atoms with Crippen molar-refractivity contribution in [2.24, 2.45) is 0 Å². The van der Waals surface area contributed by atoms with E-state index in [1.165, 1.54) is 5.56 Å². The average molecular weight is 349 g/mol. The van der Waals surface area contributed by atoms with Gasteiger partial charge in [0.15, 0.2) is 5.89 Å². The number of amides is 1. The van der Waals surface area contributed by atoms with Crippen LogP contribution in [0.25, 0.3) is 10.9 Å². The van der Waals surface area contributed by atoms with Gasteiger partial charge in [0.1, 0.15) is 11.5 Å². The van der Waals surface area contributed by atoms with Crippen molar-refractivity contribution in [1.82, 2.24) is 14.9 Å². The van der Waals surface area contributed by atoms with Crippen LogP contribution in [0.5, 0.6) is 0 Å². The molecule has 1 aromatic carbocycles. The Kier molecular flexibility index (Phi) is 4.02. The van der Waals surface area contributed by atoms with Gasteiger partial charge in [-0.1, -0.05) is 19.9 Å². The molecule has 0 radical (unpaired) electrons. The summed E-state index contributed by atoms with van der Waals surface area (Å²) in [6, 6.07) is 7.85. The molecule has 1 aliphatic heterocycles. The lowest BCUT2D eigenvalue weighted by molar-refractivity contribution is 0.0728. The highest BCUT2D eigenvalue weighted by molar-refractivity contribution is 5.98. The van der Waals surface area contributed by atoms with E-state index in [-0.39, 0.29) is 11.8 Å². The molecule has 3 heterocycles. The topological polar surface area (TPSA) is 59.2 Å². The third kappa shape index (κ3) is 2.87. The fraction of sp³-hybridized carbons (Fsp3) is 0.381. The first kappa shape index (κ1) is 16.8. The van der Waals surface area contributed by atoms with Crippen molar-refractivity contribution in [1.29, 1.82) is 0 Å². The van der Waals surface area contributed by atoms with E-state index in [4.69, 9.17) is 4.42 Å². The van der Waals surface area contributed by atoms with Crippen LogP contribution in [-0.4, -0.2) is 27.3 Å². The Morgan fingerprint density at radius 1 is 1.19 bits per heavy atom. The second kappa shape index (κ2) is 6.24. The number of fused-ring (bicyclic) bond motifs is 2. The third-order valence-corrected chi connectivity index (χ3v) is 4.92. The predicted molar refractivity (Wildman–Crippen MR) is 100 cm³/mol. The number of carbonyl (C=O) groups is 1. The molecule has 1 aliphatic rings. The summed E-state index contributed by atoms with van der Waals surface area (Å²) in [5, 5.41) is 1.09. The summed E-state index contributed by atoms with van der Waals surface area (Å²) in [6.45, 7) is 9.32. The molecule has 0 aliphatic carbocycles. The minimum Gasteiger partial charge on any atom is -0.445 e. The van der Waals surface area contributed by atoms with E-state index in [0.29, 0.717) is 25.1 Å². The van der Waals surface area contributed by atoms with E-state index in [1.807, 2.05) is 30.0 Å². The molecule has 2 aromatic heterocycles. The Bertz CT molecular complexity index is 1000. The molecule has 0 unspecified atom stereocenters. The van der Waals surface area contributed by atoms with Gasteiger partial charge < -0.3 is 9.32 Å². The van der Waals surface area contributed by atoms with Crippen molar-refractivity contribution in [2.45, 2.75) is 46.6 Å². The Morgan fingerprint density at radius 3 is 2.77 bits per heavy atom. The molecule has 0 saturated heterocycles. The minimum absolute atomic E-state index is 0.0209. The van der Waals surface area contributed by atoms with Crippen molar-refractivity contribution in [3.05, 3.63) is 58.4 Å². The number of aryl methyl sites for hydroxylation is 2. The Labute approximate surface area is 153 Å². The average Bonchev–Trinajstić information content (AvgIpc) is 3.04. The van der Waals surface area contributed by atoms with Gasteiger partial charge in [0.05, 0.1) is 12.1 Å². The number of aromatic nitrogens is 2. The van der Waals surface area contributed by atoms with Crippen molar-refractivity contribution >= 4 is 16.8 Å². The highest BCUT2D eigenvalue weighted by Gasteiger charge is 2.27. The molecule has 0 N–H and O–H groups in total. The van der Waals surface area contributed by atoms with Crippen LogP contribution in [0.1, 0.15) is 58.7 Å². The van der Waals surface area contributed by atoms with E-state index in [2.05, 4.69) is 36.8 Å². The molecule has 0 fully saturated rings. The largest absolute Gasteiger partial charge is 0.445 e. The quantitative estimate of drug-likeness (QED) is 0.697. The SMILES string of the molecule is Cc1cc(C)c2ccc(C(=O)N3CCc4oc(C(C)C)nc4C3)cc2n1. The first-order valence-electron chi connectivity index (χ1n) is 9.08. The van der Waals surface area contributed by atoms with E-state index in [9.17, 15) is 4.79 Å². The molecule has 134 valence electrons. The molecular formula is C21H23N3O2. The van der Waals surface area contributed by atoms with Crippen LogP contribution in [-0.2, 0) is 13.0 Å². The molecule has 0 saturated carbocycles. The summed E-state index contributed by atoms with van der Waals surface area (Å²) in [5.41, 5.74) is 4.57. The monoisotopic (exact) mass is 349 g/mol. The number of nitrogens with zero attached hydrogens (tertiary/aromatic N) is 3. The number of hydrogen-bond donors (Lipinski definition) is 0. The van der Waals surface area contributed by atoms with Gasteiger partial charge in [0, 0.05) is 35.5 Å². The molecule has 5 nitrogen and oxygen atoms in total. The molecular weight excluding hydrogens is 326 g/mol. The van der Waals surface area contributed by atoms with E-state index in [0.717, 1.165) is 33.9 Å². The highest BCUT2D eigenvalue weighted by Crippen LogP contribution is 2.26. The standard InChI is InChI=1S/C21H23N3O2/c1-12(2)20-23-18-11-24(8-7-19(18)26-20)21(25)15-5-6-16-13(3)9-14(4)22-17(16)10-15/h5-6,9-10,12H,7-8,11H2,1-4H3. The summed E-state index contributed by atoms with van der Waals surface area (Å²) < 4.78 is 5.83. The van der Waals surface area contributed by atoms with Crippen molar-refractivity contribution in [3.63, 3.8) is 0 Å². The number of benzene rings is 1. The van der Waals surface area contributed by atoms with Crippen LogP contribution < -0.4 is 0 Å². The molecule has 3 aromatic rings. The Hall–Kier alpha value is -2.69. The summed E-state index contributed by atoms with van der Waals surface area (Å²) in [5.74, 6) is 1.95. The van der Waals surface area contributed by atoms with Crippen molar-refractivity contribution < 1.29 is 9.21 Å². The molecule has 26 heavy (non-hydrogen) atoms. The van der Waals surface area contributed by atoms with Crippen molar-refractivity contribution in [2.75, 3.05) is 6.54 Å². The van der Waals surface area contributed by atoms with Crippen LogP contribution in [0, 0.1) is 13.8 Å². The minimum atomic E-state index is 0.0209. The first-order chi connectivity index (χ1) is 12.4. The lowest BCUT2D eigenvalue weighted by atomic mass is 10.0. The zero-order chi connectivity index (χ0) is 18.4. The second-order valence-corrected chi connectivity index (χ2v) is 7.37. The zero-order valence-corrected chi connectivity index (χ0v) is 15.7. The molecule has 4 rings (SSSR count). The summed E-state index contributed by atoms with van der Waals surface area (Å²) in [4.78, 5) is 24.0. The van der Waals surface area contributed by atoms with Gasteiger partial charge in [-0.2, -0.15) is 0 Å². The van der Waals surface area contributed by atoms with Gasteiger partial charge in [0.25, 0.3) is 5.91 Å².